The summed E-state index contributed by atoms with van der Waals surface area (Å²) in [7, 11) is -3.53. The predicted molar refractivity (Wildman–Crippen MR) is 147 cm³/mol. The Morgan fingerprint density at radius 3 is 2.63 bits per heavy atom. The molecule has 18 heteroatoms. The summed E-state index contributed by atoms with van der Waals surface area (Å²) < 4.78 is 74.3. The number of halogens is 4. The van der Waals surface area contributed by atoms with E-state index in [-0.39, 0.29) is 53.5 Å². The molecule has 5 rings (SSSR count). The molecule has 0 unspecified atom stereocenters. The van der Waals surface area contributed by atoms with E-state index in [9.17, 15) is 32.6 Å². The van der Waals surface area contributed by atoms with Crippen LogP contribution in [0.25, 0.3) is 22.4 Å². The molecule has 3 aromatic heterocycles. The number of nitrogens with two attached hydrogens (primary N) is 1. The van der Waals surface area contributed by atoms with Crippen LogP contribution in [0.4, 0.5) is 29.1 Å². The first-order valence-electron chi connectivity index (χ1n) is 12.8. The van der Waals surface area contributed by atoms with Gasteiger partial charge in [0.05, 0.1) is 43.1 Å². The second-order valence-electron chi connectivity index (χ2n) is 10.1. The van der Waals surface area contributed by atoms with E-state index in [0.29, 0.717) is 24.2 Å². The predicted octanol–water partition coefficient (Wildman–Crippen LogP) is 2.65. The third-order valence-electron chi connectivity index (χ3n) is 7.20. The number of nitrogens with one attached hydrogen (secondary N) is 1. The highest BCUT2D eigenvalue weighted by molar-refractivity contribution is 7.53. The minimum absolute atomic E-state index is 0.0283. The summed E-state index contributed by atoms with van der Waals surface area (Å²) in [5, 5.41) is 12.2. The SMILES string of the molecule is COc1cc(F)c(-c2cc(Cn3cnc4c(NP(=O)(O)O)ncnc43)c(N3CCC[C@](N)([C@H](O)C(F)F)C3)cn2)cc1F. The molecule has 2 atom stereocenters. The number of pyridine rings is 1. The van der Waals surface area contributed by atoms with Gasteiger partial charge < -0.3 is 34.8 Å². The van der Waals surface area contributed by atoms with Gasteiger partial charge in [0.25, 0.3) is 6.43 Å². The Balaban J connectivity index is 1.60. The molecule has 0 aliphatic carbocycles. The van der Waals surface area contributed by atoms with Crippen LogP contribution in [0.2, 0.25) is 0 Å². The molecule has 13 nitrogen and oxygen atoms in total. The first-order valence-corrected chi connectivity index (χ1v) is 14.4. The second kappa shape index (κ2) is 11.7. The summed E-state index contributed by atoms with van der Waals surface area (Å²) in [6.45, 7) is 0.193. The summed E-state index contributed by atoms with van der Waals surface area (Å²) in [6, 6.07) is 3.30. The third-order valence-corrected chi connectivity index (χ3v) is 7.70. The summed E-state index contributed by atoms with van der Waals surface area (Å²) in [5.74, 6) is -2.14. The highest BCUT2D eigenvalue weighted by atomic mass is 31.2. The number of ether oxygens (including phenoxy) is 1. The molecule has 6 N–H and O–H groups in total. The number of rotatable bonds is 9. The molecule has 1 saturated heterocycles. The number of aliphatic hydroxyl groups excluding tert-OH is 1. The van der Waals surface area contributed by atoms with Crippen LogP contribution >= 0.6 is 7.75 Å². The molecule has 0 saturated carbocycles. The lowest BCUT2D eigenvalue weighted by atomic mass is 9.84. The second-order valence-corrected chi connectivity index (χ2v) is 11.4. The Morgan fingerprint density at radius 2 is 1.93 bits per heavy atom. The zero-order chi connectivity index (χ0) is 31.1. The van der Waals surface area contributed by atoms with Gasteiger partial charge >= 0.3 is 7.75 Å². The van der Waals surface area contributed by atoms with Gasteiger partial charge in [0.2, 0.25) is 0 Å². The lowest BCUT2D eigenvalue weighted by Crippen LogP contribution is -2.63. The van der Waals surface area contributed by atoms with Gasteiger partial charge in [0.15, 0.2) is 28.5 Å². The van der Waals surface area contributed by atoms with Gasteiger partial charge in [-0.2, -0.15) is 0 Å². The molecular weight excluding hydrogens is 599 g/mol. The summed E-state index contributed by atoms with van der Waals surface area (Å²) in [5.41, 5.74) is 5.57. The molecule has 1 aliphatic heterocycles. The molecule has 4 heterocycles. The van der Waals surface area contributed by atoms with Crippen LogP contribution in [0.3, 0.4) is 0 Å². The number of anilines is 2. The monoisotopic (exact) mass is 626 g/mol. The van der Waals surface area contributed by atoms with E-state index in [1.54, 1.807) is 4.90 Å². The standard InChI is InChI=1S/C25H27F4N8O5P/c1-42-19-7-15(26)14(6-16(19)27)17-5-13(9-37-12-34-20-23(35-43(39,40)41)32-11-33-24(20)37)18(8-31-17)36-4-2-3-25(30,10-36)21(38)22(28)29/h5-8,11-12,21-22,38H,2-4,9-10,30H2,1H3,(H3,32,33,35,39,40,41)/t21-,25-/m1/s1. The van der Waals surface area contributed by atoms with E-state index in [1.165, 1.54) is 30.3 Å². The molecule has 230 valence electrons. The Bertz CT molecular complexity index is 1710. The van der Waals surface area contributed by atoms with Crippen molar-refractivity contribution in [2.45, 2.75) is 37.5 Å². The summed E-state index contributed by atoms with van der Waals surface area (Å²) >= 11 is 0. The van der Waals surface area contributed by atoms with E-state index in [4.69, 9.17) is 10.5 Å². The lowest BCUT2D eigenvalue weighted by molar-refractivity contribution is -0.0529. The first-order chi connectivity index (χ1) is 20.3. The molecule has 0 radical (unpaired) electrons. The Morgan fingerprint density at radius 1 is 1.16 bits per heavy atom. The molecule has 1 fully saturated rings. The van der Waals surface area contributed by atoms with E-state index in [1.807, 2.05) is 5.09 Å². The molecule has 43 heavy (non-hydrogen) atoms. The molecule has 1 aromatic carbocycles. The smallest absolute Gasteiger partial charge is 0.428 e. The Hall–Kier alpha value is -3.89. The van der Waals surface area contributed by atoms with Crippen LogP contribution < -0.4 is 20.5 Å². The van der Waals surface area contributed by atoms with Gasteiger partial charge in [-0.05, 0) is 30.5 Å². The zero-order valence-corrected chi connectivity index (χ0v) is 23.4. The average molecular weight is 627 g/mol. The van der Waals surface area contributed by atoms with Gasteiger partial charge in [-0.15, -0.1) is 0 Å². The highest BCUT2D eigenvalue weighted by Gasteiger charge is 2.43. The number of aromatic nitrogens is 5. The number of benzene rings is 1. The average Bonchev–Trinajstić information content (AvgIpc) is 3.36. The number of nitrogens with zero attached hydrogens (tertiary/aromatic N) is 6. The molecular formula is C25H27F4N8O5P. The number of alkyl halides is 2. The van der Waals surface area contributed by atoms with E-state index >= 15 is 4.39 Å². The van der Waals surface area contributed by atoms with Crippen LogP contribution in [0.5, 0.6) is 5.75 Å². The van der Waals surface area contributed by atoms with Gasteiger partial charge in [-0.1, -0.05) is 0 Å². The molecule has 0 bridgehead atoms. The van der Waals surface area contributed by atoms with Crippen LogP contribution in [0.15, 0.2) is 37.1 Å². The summed E-state index contributed by atoms with van der Waals surface area (Å²) in [4.78, 5) is 36.9. The fourth-order valence-corrected chi connectivity index (χ4v) is 5.58. The minimum atomic E-state index is -4.72. The van der Waals surface area contributed by atoms with Crippen molar-refractivity contribution in [2.24, 2.45) is 5.73 Å². The maximum absolute atomic E-state index is 15.0. The van der Waals surface area contributed by atoms with Crippen LogP contribution in [0.1, 0.15) is 18.4 Å². The number of aliphatic hydroxyl groups is 1. The Labute approximate surface area is 241 Å². The maximum atomic E-state index is 15.0. The fourth-order valence-electron chi connectivity index (χ4n) is 5.14. The van der Waals surface area contributed by atoms with Crippen molar-refractivity contribution in [3.63, 3.8) is 0 Å². The Kier molecular flexibility index (Phi) is 8.28. The zero-order valence-electron chi connectivity index (χ0n) is 22.5. The number of hydrogen-bond acceptors (Lipinski definition) is 9. The van der Waals surface area contributed by atoms with Gasteiger partial charge in [-0.3, -0.25) is 10.1 Å². The van der Waals surface area contributed by atoms with Crippen LogP contribution in [-0.4, -0.2) is 77.7 Å². The third kappa shape index (κ3) is 6.26. The van der Waals surface area contributed by atoms with Crippen molar-refractivity contribution < 1.29 is 41.8 Å². The normalized spacial score (nSPS) is 18.3. The van der Waals surface area contributed by atoms with E-state index in [0.717, 1.165) is 18.5 Å². The van der Waals surface area contributed by atoms with Crippen LogP contribution in [-0.2, 0) is 11.1 Å². The highest BCUT2D eigenvalue weighted by Crippen LogP contribution is 2.37. The van der Waals surface area contributed by atoms with Crippen molar-refractivity contribution in [1.82, 2.24) is 24.5 Å². The quantitative estimate of drug-likeness (QED) is 0.135. The largest absolute Gasteiger partial charge is 0.494 e. The molecule has 0 amide bonds. The molecule has 4 aromatic rings. The van der Waals surface area contributed by atoms with Crippen molar-refractivity contribution in [1.29, 1.82) is 0 Å². The van der Waals surface area contributed by atoms with Gasteiger partial charge in [0, 0.05) is 24.7 Å². The van der Waals surface area contributed by atoms with E-state index < -0.39 is 37.4 Å². The van der Waals surface area contributed by atoms with Gasteiger partial charge in [-0.25, -0.2) is 37.1 Å². The van der Waals surface area contributed by atoms with Gasteiger partial charge in [0.1, 0.15) is 18.2 Å². The van der Waals surface area contributed by atoms with E-state index in [2.05, 4.69) is 19.9 Å². The lowest BCUT2D eigenvalue weighted by Gasteiger charge is -2.44. The number of hydrogen-bond donors (Lipinski definition) is 5. The number of imidazole rings is 1. The minimum Gasteiger partial charge on any atom is -0.494 e. The van der Waals surface area contributed by atoms with Crippen molar-refractivity contribution in [3.05, 3.63) is 54.2 Å². The molecule has 0 spiro atoms. The van der Waals surface area contributed by atoms with Crippen molar-refractivity contribution in [3.8, 4) is 17.0 Å². The van der Waals surface area contributed by atoms with Crippen molar-refractivity contribution in [2.75, 3.05) is 30.2 Å². The van der Waals surface area contributed by atoms with Crippen molar-refractivity contribution >= 4 is 30.4 Å². The molecule has 1 aliphatic rings. The maximum Gasteiger partial charge on any atom is 0.428 e. The topological polar surface area (TPSA) is 185 Å². The fraction of sp³-hybridized carbons (Fsp3) is 0.360. The number of piperidine rings is 1. The number of methoxy groups -OCH3 is 1. The number of fused-ring (bicyclic) bond motifs is 1. The summed E-state index contributed by atoms with van der Waals surface area (Å²) in [6.07, 6.45) is -0.843. The first kappa shape index (κ1) is 30.6. The van der Waals surface area contributed by atoms with Crippen LogP contribution in [0, 0.1) is 11.6 Å².